The van der Waals surface area contributed by atoms with Crippen LogP contribution in [0.3, 0.4) is 0 Å². The molecular formula is C20H29FN6O. The summed E-state index contributed by atoms with van der Waals surface area (Å²) in [7, 11) is 0. The average Bonchev–Trinajstić information content (AvgIpc) is 3.15. The average molecular weight is 388 g/mol. The Labute approximate surface area is 165 Å². The number of nitrogens with one attached hydrogen (secondary N) is 1. The molecule has 2 aromatic rings. The summed E-state index contributed by atoms with van der Waals surface area (Å²) < 4.78 is 18.5. The van der Waals surface area contributed by atoms with Gasteiger partial charge in [0.15, 0.2) is 11.8 Å². The van der Waals surface area contributed by atoms with E-state index in [1.807, 2.05) is 32.9 Å². The van der Waals surface area contributed by atoms with Crippen LogP contribution in [0.2, 0.25) is 0 Å². The monoisotopic (exact) mass is 388 g/mol. The van der Waals surface area contributed by atoms with Gasteiger partial charge in [0.05, 0.1) is 0 Å². The molecule has 1 fully saturated rings. The fourth-order valence-electron chi connectivity index (χ4n) is 3.02. The summed E-state index contributed by atoms with van der Waals surface area (Å²) in [5.74, 6) is 1.85. The second kappa shape index (κ2) is 8.58. The van der Waals surface area contributed by atoms with Crippen LogP contribution in [0.25, 0.3) is 0 Å². The van der Waals surface area contributed by atoms with E-state index in [4.69, 9.17) is 9.52 Å². The highest BCUT2D eigenvalue weighted by Crippen LogP contribution is 2.20. The fraction of sp³-hybridized carbons (Fsp3) is 0.550. The smallest absolute Gasteiger partial charge is 0.232 e. The minimum atomic E-state index is -0.208. The third-order valence-electron chi connectivity index (χ3n) is 4.59. The minimum absolute atomic E-state index is 0.170. The highest BCUT2D eigenvalue weighted by Gasteiger charge is 2.22. The first kappa shape index (κ1) is 20.1. The molecule has 28 heavy (non-hydrogen) atoms. The predicted molar refractivity (Wildman–Crippen MR) is 108 cm³/mol. The van der Waals surface area contributed by atoms with Crippen LogP contribution in [0.1, 0.15) is 39.4 Å². The highest BCUT2D eigenvalue weighted by molar-refractivity contribution is 5.80. The zero-order valence-electron chi connectivity index (χ0n) is 17.1. The van der Waals surface area contributed by atoms with Gasteiger partial charge in [0.25, 0.3) is 0 Å². The molecule has 1 saturated heterocycles. The Morgan fingerprint density at radius 2 is 1.86 bits per heavy atom. The number of nitrogens with zero attached hydrogens (tertiary/aromatic N) is 5. The number of benzene rings is 1. The van der Waals surface area contributed by atoms with Crippen molar-refractivity contribution < 1.29 is 8.91 Å². The van der Waals surface area contributed by atoms with E-state index in [0.717, 1.165) is 44.4 Å². The number of anilines is 1. The van der Waals surface area contributed by atoms with E-state index in [0.29, 0.717) is 18.3 Å². The lowest BCUT2D eigenvalue weighted by molar-refractivity contribution is 0.318. The molecule has 0 aliphatic carbocycles. The van der Waals surface area contributed by atoms with Crippen LogP contribution < -0.4 is 10.2 Å². The number of hydrogen-bond donors (Lipinski definition) is 1. The number of aromatic nitrogens is 2. The van der Waals surface area contributed by atoms with Gasteiger partial charge in [-0.1, -0.05) is 25.9 Å². The van der Waals surface area contributed by atoms with Crippen LogP contribution in [-0.2, 0) is 12.0 Å². The fourth-order valence-corrected chi connectivity index (χ4v) is 3.02. The van der Waals surface area contributed by atoms with Crippen molar-refractivity contribution in [2.45, 2.75) is 39.7 Å². The van der Waals surface area contributed by atoms with Gasteiger partial charge >= 0.3 is 0 Å². The van der Waals surface area contributed by atoms with Crippen molar-refractivity contribution in [3.05, 3.63) is 41.8 Å². The lowest BCUT2D eigenvalue weighted by Gasteiger charge is -2.37. The Kier molecular flexibility index (Phi) is 6.16. The van der Waals surface area contributed by atoms with E-state index in [-0.39, 0.29) is 11.2 Å². The zero-order valence-corrected chi connectivity index (χ0v) is 17.1. The molecule has 3 rings (SSSR count). The summed E-state index contributed by atoms with van der Waals surface area (Å²) in [4.78, 5) is 13.6. The van der Waals surface area contributed by atoms with Crippen LogP contribution in [0.4, 0.5) is 10.1 Å². The number of rotatable bonds is 4. The van der Waals surface area contributed by atoms with Crippen LogP contribution in [0.15, 0.2) is 33.8 Å². The molecule has 8 heteroatoms. The van der Waals surface area contributed by atoms with Crippen molar-refractivity contribution in [2.24, 2.45) is 4.99 Å². The number of aliphatic imine (C=N–C) groups is 1. The van der Waals surface area contributed by atoms with Crippen molar-refractivity contribution in [1.29, 1.82) is 0 Å². The van der Waals surface area contributed by atoms with Gasteiger partial charge in [0, 0.05) is 43.8 Å². The van der Waals surface area contributed by atoms with E-state index < -0.39 is 0 Å². The summed E-state index contributed by atoms with van der Waals surface area (Å²) in [6, 6.07) is 6.66. The summed E-state index contributed by atoms with van der Waals surface area (Å²) in [5, 5.41) is 7.38. The Bertz CT molecular complexity index is 788. The molecule has 1 N–H and O–H groups in total. The van der Waals surface area contributed by atoms with E-state index >= 15 is 0 Å². The number of piperazine rings is 1. The van der Waals surface area contributed by atoms with Gasteiger partial charge in [-0.2, -0.15) is 4.98 Å². The molecule has 1 aromatic carbocycles. The van der Waals surface area contributed by atoms with Crippen molar-refractivity contribution in [3.63, 3.8) is 0 Å². The third kappa shape index (κ3) is 4.99. The normalized spacial score (nSPS) is 15.8. The second-order valence-corrected chi connectivity index (χ2v) is 7.89. The molecule has 2 heterocycles. The Morgan fingerprint density at radius 3 is 2.43 bits per heavy atom. The van der Waals surface area contributed by atoms with Gasteiger partial charge in [0.2, 0.25) is 5.89 Å². The molecule has 0 spiro atoms. The summed E-state index contributed by atoms with van der Waals surface area (Å²) in [5.41, 5.74) is 0.875. The Hall–Kier alpha value is -2.64. The van der Waals surface area contributed by atoms with Crippen molar-refractivity contribution in [2.75, 3.05) is 37.6 Å². The first-order chi connectivity index (χ1) is 13.4. The van der Waals surface area contributed by atoms with Crippen LogP contribution in [0.5, 0.6) is 0 Å². The van der Waals surface area contributed by atoms with Crippen LogP contribution in [0, 0.1) is 5.82 Å². The molecule has 0 atom stereocenters. The largest absolute Gasteiger partial charge is 0.368 e. The molecule has 0 amide bonds. The Morgan fingerprint density at radius 1 is 1.18 bits per heavy atom. The van der Waals surface area contributed by atoms with Gasteiger partial charge in [-0.15, -0.1) is 0 Å². The molecule has 1 aromatic heterocycles. The highest BCUT2D eigenvalue weighted by atomic mass is 19.1. The second-order valence-electron chi connectivity index (χ2n) is 7.89. The van der Waals surface area contributed by atoms with Gasteiger partial charge in [0.1, 0.15) is 12.4 Å². The predicted octanol–water partition coefficient (Wildman–Crippen LogP) is 2.79. The van der Waals surface area contributed by atoms with E-state index in [9.17, 15) is 4.39 Å². The van der Waals surface area contributed by atoms with Gasteiger partial charge in [-0.25, -0.2) is 9.38 Å². The lowest BCUT2D eigenvalue weighted by Crippen LogP contribution is -2.52. The number of guanidine groups is 1. The molecule has 0 radical (unpaired) electrons. The standard InChI is InChI=1S/C20H29FN6O/c1-5-22-19(23-14-17-24-18(28-25-17)20(2,3)4)27-12-10-26(11-13-27)16-8-6-15(21)7-9-16/h6-9H,5,10-14H2,1-4H3,(H,22,23). The van der Waals surface area contributed by atoms with E-state index in [1.165, 1.54) is 12.1 Å². The molecule has 0 saturated carbocycles. The maximum absolute atomic E-state index is 13.1. The first-order valence-corrected chi connectivity index (χ1v) is 9.73. The lowest BCUT2D eigenvalue weighted by atomic mass is 9.97. The maximum Gasteiger partial charge on any atom is 0.232 e. The van der Waals surface area contributed by atoms with Crippen molar-refractivity contribution >= 4 is 11.6 Å². The van der Waals surface area contributed by atoms with Crippen LogP contribution >= 0.6 is 0 Å². The molecular weight excluding hydrogens is 359 g/mol. The summed E-state index contributed by atoms with van der Waals surface area (Å²) in [6.07, 6.45) is 0. The molecule has 1 aliphatic heterocycles. The SMILES string of the molecule is CCNC(=NCc1noc(C(C)(C)C)n1)N1CCN(c2ccc(F)cc2)CC1. The molecule has 7 nitrogen and oxygen atoms in total. The molecule has 0 bridgehead atoms. The quantitative estimate of drug-likeness (QED) is 0.642. The molecule has 1 aliphatic rings. The maximum atomic E-state index is 13.1. The molecule has 0 unspecified atom stereocenters. The molecule has 152 valence electrons. The summed E-state index contributed by atoms with van der Waals surface area (Å²) >= 11 is 0. The van der Waals surface area contributed by atoms with Gasteiger partial charge in [-0.3, -0.25) is 0 Å². The van der Waals surface area contributed by atoms with E-state index in [1.54, 1.807) is 0 Å². The van der Waals surface area contributed by atoms with Crippen LogP contribution in [-0.4, -0.2) is 53.7 Å². The van der Waals surface area contributed by atoms with Crippen molar-refractivity contribution in [1.82, 2.24) is 20.4 Å². The first-order valence-electron chi connectivity index (χ1n) is 9.73. The minimum Gasteiger partial charge on any atom is -0.368 e. The van der Waals surface area contributed by atoms with Gasteiger partial charge < -0.3 is 19.6 Å². The van der Waals surface area contributed by atoms with Crippen molar-refractivity contribution in [3.8, 4) is 0 Å². The number of halogens is 1. The zero-order chi connectivity index (χ0) is 20.1. The third-order valence-corrected chi connectivity index (χ3v) is 4.59. The van der Waals surface area contributed by atoms with Gasteiger partial charge in [-0.05, 0) is 31.2 Å². The number of hydrogen-bond acceptors (Lipinski definition) is 5. The summed E-state index contributed by atoms with van der Waals surface area (Å²) in [6.45, 7) is 12.7. The topological polar surface area (TPSA) is 69.8 Å². The van der Waals surface area contributed by atoms with E-state index in [2.05, 4.69) is 32.2 Å². The Balaban J connectivity index is 1.62.